The first-order chi connectivity index (χ1) is 7.75. The summed E-state index contributed by atoms with van der Waals surface area (Å²) in [6.45, 7) is 2.15. The molecule has 0 spiro atoms. The van der Waals surface area contributed by atoms with Gasteiger partial charge in [0.1, 0.15) is 12.1 Å². The lowest BCUT2D eigenvalue weighted by Gasteiger charge is -2.14. The van der Waals surface area contributed by atoms with Gasteiger partial charge in [-0.1, -0.05) is 6.07 Å². The van der Waals surface area contributed by atoms with E-state index in [1.165, 1.54) is 4.88 Å². The zero-order valence-corrected chi connectivity index (χ0v) is 11.3. The first-order valence-corrected chi connectivity index (χ1v) is 6.67. The predicted octanol–water partition coefficient (Wildman–Crippen LogP) is 3.34. The molecule has 0 aliphatic rings. The first kappa shape index (κ1) is 11.5. The maximum absolute atomic E-state index is 4.18. The standard InChI is InChI=1S/C11H12BrN3S/c1-8(5-9-3-2-4-16-9)15-11-10(12)6-13-7-14-11/h2-4,6-8H,5H2,1H3,(H,13,14,15). The summed E-state index contributed by atoms with van der Waals surface area (Å²) in [6, 6.07) is 4.58. The molecule has 0 saturated carbocycles. The van der Waals surface area contributed by atoms with Crippen molar-refractivity contribution >= 4 is 33.1 Å². The molecule has 0 saturated heterocycles. The highest BCUT2D eigenvalue weighted by Crippen LogP contribution is 2.19. The molecule has 1 N–H and O–H groups in total. The Kier molecular flexibility index (Phi) is 3.90. The van der Waals surface area contributed by atoms with Crippen molar-refractivity contribution in [1.29, 1.82) is 0 Å². The monoisotopic (exact) mass is 297 g/mol. The van der Waals surface area contributed by atoms with Crippen LogP contribution in [0.2, 0.25) is 0 Å². The van der Waals surface area contributed by atoms with Gasteiger partial charge in [-0.15, -0.1) is 11.3 Å². The van der Waals surface area contributed by atoms with Crippen LogP contribution in [0.25, 0.3) is 0 Å². The van der Waals surface area contributed by atoms with E-state index >= 15 is 0 Å². The van der Waals surface area contributed by atoms with Crippen molar-refractivity contribution in [2.24, 2.45) is 0 Å². The molecule has 0 aromatic carbocycles. The number of nitrogens with zero attached hydrogens (tertiary/aromatic N) is 2. The predicted molar refractivity (Wildman–Crippen MR) is 70.8 cm³/mol. The third-order valence-electron chi connectivity index (χ3n) is 2.14. The van der Waals surface area contributed by atoms with Gasteiger partial charge in [0.05, 0.1) is 4.47 Å². The van der Waals surface area contributed by atoms with Crippen LogP contribution < -0.4 is 5.32 Å². The molecule has 2 rings (SSSR count). The number of hydrogen-bond acceptors (Lipinski definition) is 4. The lowest BCUT2D eigenvalue weighted by molar-refractivity contribution is 0.792. The highest BCUT2D eigenvalue weighted by atomic mass is 79.9. The van der Waals surface area contributed by atoms with Crippen LogP contribution >= 0.6 is 27.3 Å². The Bertz CT molecular complexity index is 444. The van der Waals surface area contributed by atoms with Gasteiger partial charge in [0.25, 0.3) is 0 Å². The van der Waals surface area contributed by atoms with Crippen molar-refractivity contribution in [3.63, 3.8) is 0 Å². The quantitative estimate of drug-likeness (QED) is 0.940. The fourth-order valence-electron chi connectivity index (χ4n) is 1.43. The van der Waals surface area contributed by atoms with E-state index in [0.717, 1.165) is 16.7 Å². The molecule has 0 amide bonds. The minimum absolute atomic E-state index is 0.352. The zero-order chi connectivity index (χ0) is 11.4. The normalized spacial score (nSPS) is 12.4. The van der Waals surface area contributed by atoms with Gasteiger partial charge in [0.2, 0.25) is 0 Å². The van der Waals surface area contributed by atoms with Crippen molar-refractivity contribution in [3.05, 3.63) is 39.4 Å². The van der Waals surface area contributed by atoms with Crippen molar-refractivity contribution in [3.8, 4) is 0 Å². The van der Waals surface area contributed by atoms with Crippen LogP contribution in [0.4, 0.5) is 5.82 Å². The average Bonchev–Trinajstić information content (AvgIpc) is 2.74. The maximum Gasteiger partial charge on any atom is 0.143 e. The SMILES string of the molecule is CC(Cc1cccs1)Nc1ncncc1Br. The van der Waals surface area contributed by atoms with Gasteiger partial charge < -0.3 is 5.32 Å². The van der Waals surface area contributed by atoms with E-state index in [1.54, 1.807) is 23.9 Å². The molecule has 1 unspecified atom stereocenters. The molecule has 2 aromatic heterocycles. The van der Waals surface area contributed by atoms with Gasteiger partial charge in [0.15, 0.2) is 0 Å². The average molecular weight is 298 g/mol. The molecule has 2 aromatic rings. The fraction of sp³-hybridized carbons (Fsp3) is 0.273. The molecular weight excluding hydrogens is 286 g/mol. The van der Waals surface area contributed by atoms with Gasteiger partial charge in [-0.3, -0.25) is 0 Å². The maximum atomic E-state index is 4.18. The van der Waals surface area contributed by atoms with Crippen molar-refractivity contribution in [2.75, 3.05) is 5.32 Å². The van der Waals surface area contributed by atoms with E-state index in [1.807, 2.05) is 0 Å². The number of hydrogen-bond donors (Lipinski definition) is 1. The molecule has 0 radical (unpaired) electrons. The summed E-state index contributed by atoms with van der Waals surface area (Å²) in [4.78, 5) is 9.49. The van der Waals surface area contributed by atoms with Crippen LogP contribution in [-0.2, 0) is 6.42 Å². The minimum atomic E-state index is 0.352. The molecule has 0 aliphatic heterocycles. The van der Waals surface area contributed by atoms with Crippen LogP contribution in [0.3, 0.4) is 0 Å². The van der Waals surface area contributed by atoms with Crippen molar-refractivity contribution in [2.45, 2.75) is 19.4 Å². The summed E-state index contributed by atoms with van der Waals surface area (Å²) in [5.74, 6) is 0.846. The van der Waals surface area contributed by atoms with Gasteiger partial charge in [-0.05, 0) is 34.3 Å². The number of anilines is 1. The molecule has 1 atom stereocenters. The minimum Gasteiger partial charge on any atom is -0.366 e. The van der Waals surface area contributed by atoms with Crippen LogP contribution in [0.15, 0.2) is 34.5 Å². The number of halogens is 1. The molecular formula is C11H12BrN3S. The molecule has 0 fully saturated rings. The molecule has 84 valence electrons. The summed E-state index contributed by atoms with van der Waals surface area (Å²) in [5.41, 5.74) is 0. The fourth-order valence-corrected chi connectivity index (χ4v) is 2.60. The Morgan fingerprint density at radius 1 is 1.56 bits per heavy atom. The Balaban J connectivity index is 1.97. The third kappa shape index (κ3) is 3.02. The number of nitrogens with one attached hydrogen (secondary N) is 1. The second kappa shape index (κ2) is 5.41. The van der Waals surface area contributed by atoms with E-state index in [0.29, 0.717) is 6.04 Å². The largest absolute Gasteiger partial charge is 0.366 e. The Labute approximate surface area is 107 Å². The first-order valence-electron chi connectivity index (χ1n) is 5.00. The van der Waals surface area contributed by atoms with Gasteiger partial charge in [0, 0.05) is 23.5 Å². The lowest BCUT2D eigenvalue weighted by Crippen LogP contribution is -2.18. The topological polar surface area (TPSA) is 37.8 Å². The van der Waals surface area contributed by atoms with Gasteiger partial charge in [-0.25, -0.2) is 9.97 Å². The van der Waals surface area contributed by atoms with Crippen LogP contribution in [0.5, 0.6) is 0 Å². The third-order valence-corrected chi connectivity index (χ3v) is 3.62. The highest BCUT2D eigenvalue weighted by Gasteiger charge is 2.07. The summed E-state index contributed by atoms with van der Waals surface area (Å²) >= 11 is 5.20. The molecule has 0 bridgehead atoms. The van der Waals surface area contributed by atoms with Gasteiger partial charge >= 0.3 is 0 Å². The number of rotatable bonds is 4. The lowest BCUT2D eigenvalue weighted by atomic mass is 10.2. The number of aromatic nitrogens is 2. The Hall–Kier alpha value is -0.940. The van der Waals surface area contributed by atoms with Crippen LogP contribution in [0.1, 0.15) is 11.8 Å². The van der Waals surface area contributed by atoms with E-state index in [9.17, 15) is 0 Å². The van der Waals surface area contributed by atoms with E-state index in [-0.39, 0.29) is 0 Å². The second-order valence-corrected chi connectivity index (χ2v) is 5.43. The molecule has 3 nitrogen and oxygen atoms in total. The Morgan fingerprint density at radius 2 is 2.44 bits per heavy atom. The van der Waals surface area contributed by atoms with Crippen molar-refractivity contribution in [1.82, 2.24) is 9.97 Å². The summed E-state index contributed by atoms with van der Waals surface area (Å²) in [6.07, 6.45) is 4.30. The summed E-state index contributed by atoms with van der Waals surface area (Å²) < 4.78 is 0.896. The van der Waals surface area contributed by atoms with Gasteiger partial charge in [-0.2, -0.15) is 0 Å². The summed E-state index contributed by atoms with van der Waals surface area (Å²) in [5, 5.41) is 5.46. The molecule has 2 heterocycles. The Morgan fingerprint density at radius 3 is 3.12 bits per heavy atom. The molecule has 0 aliphatic carbocycles. The summed E-state index contributed by atoms with van der Waals surface area (Å²) in [7, 11) is 0. The zero-order valence-electron chi connectivity index (χ0n) is 8.85. The molecule has 5 heteroatoms. The van der Waals surface area contributed by atoms with E-state index in [2.05, 4.69) is 55.7 Å². The van der Waals surface area contributed by atoms with Crippen molar-refractivity contribution < 1.29 is 0 Å². The highest BCUT2D eigenvalue weighted by molar-refractivity contribution is 9.10. The smallest absolute Gasteiger partial charge is 0.143 e. The van der Waals surface area contributed by atoms with Crippen LogP contribution in [0, 0.1) is 0 Å². The molecule has 16 heavy (non-hydrogen) atoms. The van der Waals surface area contributed by atoms with Crippen LogP contribution in [-0.4, -0.2) is 16.0 Å². The number of thiophene rings is 1. The second-order valence-electron chi connectivity index (χ2n) is 3.55. The van der Waals surface area contributed by atoms with E-state index in [4.69, 9.17) is 0 Å². The van der Waals surface area contributed by atoms with E-state index < -0.39 is 0 Å².